The predicted octanol–water partition coefficient (Wildman–Crippen LogP) is 1.30. The highest BCUT2D eigenvalue weighted by molar-refractivity contribution is 5.98. The van der Waals surface area contributed by atoms with E-state index in [-0.39, 0.29) is 25.2 Å². The zero-order valence-electron chi connectivity index (χ0n) is 35.1. The summed E-state index contributed by atoms with van der Waals surface area (Å²) in [6.45, 7) is 11.7. The lowest BCUT2D eigenvalue weighted by atomic mass is 9.94. The first-order valence-electron chi connectivity index (χ1n) is 20.1. The summed E-state index contributed by atoms with van der Waals surface area (Å²) in [6.07, 6.45) is 4.50. The van der Waals surface area contributed by atoms with Crippen molar-refractivity contribution in [1.29, 1.82) is 0 Å². The van der Waals surface area contributed by atoms with E-state index in [0.717, 1.165) is 10.9 Å². The maximum Gasteiger partial charge on any atom is 0.326 e. The number of benzene rings is 1. The van der Waals surface area contributed by atoms with Crippen LogP contribution in [0.4, 0.5) is 0 Å². The minimum absolute atomic E-state index is 0.0231. The van der Waals surface area contributed by atoms with Crippen molar-refractivity contribution in [2.45, 2.75) is 123 Å². The molecule has 60 heavy (non-hydrogen) atoms. The SMILES string of the molecule is CC[C@@H](C)[C@@H](NC(=O)[C@H](CC(=O)O)NC(=O)[C@H](CC(C)C)NC(=O)[C@H](Cc1cnc[nH]1)NC(C)=O)C(=O)N[C@H](C(=O)N[C@@H](Cc1c[nH]c2ccccc12)C(=O)O)[C@@H](C)CC. The first-order valence-corrected chi connectivity index (χ1v) is 20.1. The van der Waals surface area contributed by atoms with Crippen LogP contribution in [0.1, 0.15) is 85.4 Å². The van der Waals surface area contributed by atoms with E-state index in [0.29, 0.717) is 24.1 Å². The number of para-hydroxylation sites is 1. The summed E-state index contributed by atoms with van der Waals surface area (Å²) in [6, 6.07) is -0.626. The number of hydrogen-bond donors (Lipinski definition) is 10. The van der Waals surface area contributed by atoms with Crippen molar-refractivity contribution in [2.75, 3.05) is 0 Å². The number of carboxylic acids is 2. The Hall–Kier alpha value is -6.27. The highest BCUT2D eigenvalue weighted by Gasteiger charge is 2.37. The molecule has 0 aliphatic carbocycles. The van der Waals surface area contributed by atoms with E-state index >= 15 is 0 Å². The molecule has 8 atom stereocenters. The lowest BCUT2D eigenvalue weighted by molar-refractivity contribution is -0.142. The van der Waals surface area contributed by atoms with Crippen molar-refractivity contribution < 1.29 is 48.6 Å². The van der Waals surface area contributed by atoms with E-state index < -0.39 is 102 Å². The minimum Gasteiger partial charge on any atom is -0.481 e. The number of carbonyl (C=O) groups is 8. The van der Waals surface area contributed by atoms with Gasteiger partial charge in [-0.05, 0) is 35.8 Å². The monoisotopic (exact) mass is 837 g/mol. The number of aromatic nitrogens is 3. The van der Waals surface area contributed by atoms with Gasteiger partial charge in [0.25, 0.3) is 0 Å². The molecule has 2 heterocycles. The van der Waals surface area contributed by atoms with E-state index in [1.165, 1.54) is 19.4 Å². The first kappa shape index (κ1) is 48.1. The topological polar surface area (TPSA) is 294 Å². The molecule has 0 aliphatic rings. The number of carbonyl (C=O) groups excluding carboxylic acids is 6. The molecule has 0 saturated heterocycles. The van der Waals surface area contributed by atoms with E-state index in [1.54, 1.807) is 47.7 Å². The van der Waals surface area contributed by atoms with Gasteiger partial charge in [-0.25, -0.2) is 9.78 Å². The molecule has 2 aromatic heterocycles. The molecule has 19 heteroatoms. The van der Waals surface area contributed by atoms with Gasteiger partial charge in [-0.15, -0.1) is 0 Å². The fourth-order valence-corrected chi connectivity index (χ4v) is 6.59. The van der Waals surface area contributed by atoms with Crippen LogP contribution in [0.15, 0.2) is 43.0 Å². The normalized spacial score (nSPS) is 15.3. The van der Waals surface area contributed by atoms with Crippen LogP contribution in [0.3, 0.4) is 0 Å². The summed E-state index contributed by atoms with van der Waals surface area (Å²) in [7, 11) is 0. The van der Waals surface area contributed by atoms with Crippen LogP contribution in [-0.4, -0.2) is 109 Å². The highest BCUT2D eigenvalue weighted by Crippen LogP contribution is 2.20. The molecular weight excluding hydrogens is 779 g/mol. The zero-order valence-corrected chi connectivity index (χ0v) is 35.1. The predicted molar refractivity (Wildman–Crippen MR) is 220 cm³/mol. The van der Waals surface area contributed by atoms with Crippen LogP contribution < -0.4 is 31.9 Å². The van der Waals surface area contributed by atoms with Gasteiger partial charge in [0.05, 0.1) is 12.7 Å². The largest absolute Gasteiger partial charge is 0.481 e. The smallest absolute Gasteiger partial charge is 0.326 e. The summed E-state index contributed by atoms with van der Waals surface area (Å²) in [5.74, 6) is -8.55. The average Bonchev–Trinajstić information content (AvgIpc) is 3.86. The summed E-state index contributed by atoms with van der Waals surface area (Å²) >= 11 is 0. The van der Waals surface area contributed by atoms with E-state index in [4.69, 9.17) is 0 Å². The van der Waals surface area contributed by atoms with Gasteiger partial charge < -0.3 is 52.1 Å². The molecule has 0 fully saturated rings. The van der Waals surface area contributed by atoms with E-state index in [2.05, 4.69) is 46.9 Å². The summed E-state index contributed by atoms with van der Waals surface area (Å²) in [5, 5.41) is 36.0. The number of nitrogens with one attached hydrogen (secondary N) is 8. The molecule has 0 bridgehead atoms. The van der Waals surface area contributed by atoms with E-state index in [1.807, 2.05) is 24.3 Å². The second-order valence-electron chi connectivity index (χ2n) is 15.6. The molecule has 10 N–H and O–H groups in total. The van der Waals surface area contributed by atoms with Crippen molar-refractivity contribution in [3.8, 4) is 0 Å². The molecule has 0 spiro atoms. The molecule has 1 aromatic carbocycles. The molecule has 6 amide bonds. The number of hydrogen-bond acceptors (Lipinski definition) is 9. The third-order valence-corrected chi connectivity index (χ3v) is 10.3. The second kappa shape index (κ2) is 22.8. The Morgan fingerprint density at radius 1 is 0.667 bits per heavy atom. The molecule has 0 saturated carbocycles. The number of amides is 6. The van der Waals surface area contributed by atoms with Crippen LogP contribution in [-0.2, 0) is 51.2 Å². The third kappa shape index (κ3) is 14.2. The number of aromatic amines is 2. The number of carboxylic acid groups (broad SMARTS) is 2. The van der Waals surface area contributed by atoms with Crippen LogP contribution >= 0.6 is 0 Å². The number of fused-ring (bicyclic) bond motifs is 1. The van der Waals surface area contributed by atoms with Gasteiger partial charge in [0, 0.05) is 48.8 Å². The van der Waals surface area contributed by atoms with Gasteiger partial charge in [0.1, 0.15) is 36.3 Å². The van der Waals surface area contributed by atoms with Crippen molar-refractivity contribution >= 4 is 58.3 Å². The van der Waals surface area contributed by atoms with Gasteiger partial charge >= 0.3 is 11.9 Å². The van der Waals surface area contributed by atoms with Crippen molar-refractivity contribution in [2.24, 2.45) is 17.8 Å². The standard InChI is InChI=1S/C41H59N9O10/c1-8-22(5)34(39(57)48-32(41(59)60)15-25-18-43-28-13-11-10-12-27(25)28)50-40(58)35(23(6)9-2)49-38(56)31(17-33(52)53)47-36(54)29(14-21(3)4)46-37(55)30(45-24(7)51)16-26-19-42-20-44-26/h10-13,18-23,29-32,34-35,43H,8-9,14-17H2,1-7H3,(H,42,44)(H,45,51)(H,46,55)(H,47,54)(H,48,57)(H,49,56)(H,50,58)(H,52,53)(H,59,60)/t22-,23+,29-,30-,31-,32-,34-,35+/m0/s1. The summed E-state index contributed by atoms with van der Waals surface area (Å²) in [5.41, 5.74) is 2.00. The Balaban J connectivity index is 1.81. The van der Waals surface area contributed by atoms with Gasteiger partial charge in [0.15, 0.2) is 0 Å². The molecule has 3 rings (SSSR count). The summed E-state index contributed by atoms with van der Waals surface area (Å²) in [4.78, 5) is 115. The fraction of sp³-hybridized carbons (Fsp3) is 0.537. The van der Waals surface area contributed by atoms with Crippen LogP contribution in [0, 0.1) is 17.8 Å². The maximum atomic E-state index is 14.0. The quantitative estimate of drug-likeness (QED) is 0.0614. The molecule has 3 aromatic rings. The Labute approximate surface area is 348 Å². The first-order chi connectivity index (χ1) is 28.3. The molecule has 0 aliphatic heterocycles. The highest BCUT2D eigenvalue weighted by atomic mass is 16.4. The molecule has 0 unspecified atom stereocenters. The number of imidazole rings is 1. The second-order valence-corrected chi connectivity index (χ2v) is 15.6. The van der Waals surface area contributed by atoms with E-state index in [9.17, 15) is 48.6 Å². The van der Waals surface area contributed by atoms with Gasteiger partial charge in [-0.2, -0.15) is 0 Å². The Bertz CT molecular complexity index is 1960. The van der Waals surface area contributed by atoms with Crippen molar-refractivity contribution in [1.82, 2.24) is 46.9 Å². The number of nitrogens with zero attached hydrogens (tertiary/aromatic N) is 1. The Morgan fingerprint density at radius 2 is 1.22 bits per heavy atom. The average molecular weight is 838 g/mol. The van der Waals surface area contributed by atoms with Crippen LogP contribution in [0.5, 0.6) is 0 Å². The number of rotatable bonds is 24. The number of H-pyrrole nitrogens is 2. The summed E-state index contributed by atoms with van der Waals surface area (Å²) < 4.78 is 0. The minimum atomic E-state index is -1.70. The Morgan fingerprint density at radius 3 is 1.77 bits per heavy atom. The third-order valence-electron chi connectivity index (χ3n) is 10.3. The maximum absolute atomic E-state index is 14.0. The number of aliphatic carboxylic acids is 2. The lowest BCUT2D eigenvalue weighted by Gasteiger charge is -2.30. The van der Waals surface area contributed by atoms with Crippen LogP contribution in [0.25, 0.3) is 10.9 Å². The van der Waals surface area contributed by atoms with Crippen molar-refractivity contribution in [3.05, 3.63) is 54.2 Å². The molecule has 19 nitrogen and oxygen atoms in total. The van der Waals surface area contributed by atoms with Crippen LogP contribution in [0.2, 0.25) is 0 Å². The Kier molecular flexibility index (Phi) is 18.3. The zero-order chi connectivity index (χ0) is 44.7. The molecular formula is C41H59N9O10. The van der Waals surface area contributed by atoms with Gasteiger partial charge in [0.2, 0.25) is 35.4 Å². The lowest BCUT2D eigenvalue weighted by Crippen LogP contribution is -2.61. The van der Waals surface area contributed by atoms with Crippen molar-refractivity contribution in [3.63, 3.8) is 0 Å². The van der Waals surface area contributed by atoms with Gasteiger partial charge in [-0.1, -0.05) is 72.6 Å². The molecule has 0 radical (unpaired) electrons. The fourth-order valence-electron chi connectivity index (χ4n) is 6.59. The van der Waals surface area contributed by atoms with Gasteiger partial charge in [-0.3, -0.25) is 33.6 Å². The molecule has 328 valence electrons.